The molecule has 4 nitrogen and oxygen atoms in total. The van der Waals surface area contributed by atoms with Crippen molar-refractivity contribution in [3.8, 4) is 17.2 Å². The standard InChI is InChI=1S/C20H20O4/c1-22-16-8-4-13(5-9-16)10-15-7-6-14-11-18(23-2)19(24-3)12-17(14)20(15)21/h4-5,8-12H,6-7H2,1-3H3/b15-10+. The van der Waals surface area contributed by atoms with Gasteiger partial charge in [0.1, 0.15) is 5.75 Å². The van der Waals surface area contributed by atoms with Crippen molar-refractivity contribution in [3.63, 3.8) is 0 Å². The van der Waals surface area contributed by atoms with E-state index in [1.807, 2.05) is 36.4 Å². The fourth-order valence-electron chi connectivity index (χ4n) is 2.93. The summed E-state index contributed by atoms with van der Waals surface area (Å²) in [7, 11) is 4.81. The van der Waals surface area contributed by atoms with Crippen LogP contribution in [0.25, 0.3) is 6.08 Å². The average Bonchev–Trinajstić information content (AvgIpc) is 2.63. The van der Waals surface area contributed by atoms with Gasteiger partial charge >= 0.3 is 0 Å². The number of ketones is 1. The summed E-state index contributed by atoms with van der Waals surface area (Å²) in [5.74, 6) is 2.09. The van der Waals surface area contributed by atoms with Gasteiger partial charge in [0, 0.05) is 11.1 Å². The first-order valence-electron chi connectivity index (χ1n) is 7.80. The number of hydrogen-bond donors (Lipinski definition) is 0. The highest BCUT2D eigenvalue weighted by Crippen LogP contribution is 2.35. The van der Waals surface area contributed by atoms with Crippen LogP contribution in [0.15, 0.2) is 42.0 Å². The molecule has 124 valence electrons. The Kier molecular flexibility index (Phi) is 4.56. The molecule has 0 bridgehead atoms. The zero-order valence-electron chi connectivity index (χ0n) is 14.1. The molecular formula is C20H20O4. The zero-order chi connectivity index (χ0) is 17.1. The van der Waals surface area contributed by atoms with E-state index in [4.69, 9.17) is 14.2 Å². The maximum Gasteiger partial charge on any atom is 0.189 e. The first-order chi connectivity index (χ1) is 11.7. The number of allylic oxidation sites excluding steroid dienone is 1. The number of benzene rings is 2. The summed E-state index contributed by atoms with van der Waals surface area (Å²) < 4.78 is 15.8. The van der Waals surface area contributed by atoms with Gasteiger partial charge in [0.2, 0.25) is 0 Å². The van der Waals surface area contributed by atoms with E-state index in [1.54, 1.807) is 27.4 Å². The van der Waals surface area contributed by atoms with Gasteiger partial charge < -0.3 is 14.2 Å². The number of Topliss-reactive ketones (excluding diaryl/α,β-unsaturated/α-hetero) is 1. The van der Waals surface area contributed by atoms with Crippen LogP contribution in [0.4, 0.5) is 0 Å². The predicted molar refractivity (Wildman–Crippen MR) is 93.2 cm³/mol. The molecule has 0 unspecified atom stereocenters. The van der Waals surface area contributed by atoms with Crippen LogP contribution < -0.4 is 14.2 Å². The SMILES string of the molecule is COc1ccc(/C=C2\CCc3cc(OC)c(OC)cc3C2=O)cc1. The molecule has 0 fully saturated rings. The summed E-state index contributed by atoms with van der Waals surface area (Å²) in [6.45, 7) is 0. The summed E-state index contributed by atoms with van der Waals surface area (Å²) in [5, 5.41) is 0. The molecule has 0 saturated heterocycles. The number of carbonyl (C=O) groups is 1. The van der Waals surface area contributed by atoms with E-state index in [0.29, 0.717) is 23.5 Å². The maximum absolute atomic E-state index is 12.8. The zero-order valence-corrected chi connectivity index (χ0v) is 14.1. The molecule has 0 radical (unpaired) electrons. The fraction of sp³-hybridized carbons (Fsp3) is 0.250. The highest BCUT2D eigenvalue weighted by molar-refractivity contribution is 6.13. The van der Waals surface area contributed by atoms with Gasteiger partial charge in [0.25, 0.3) is 0 Å². The second-order valence-corrected chi connectivity index (χ2v) is 5.64. The molecule has 24 heavy (non-hydrogen) atoms. The van der Waals surface area contributed by atoms with Crippen molar-refractivity contribution >= 4 is 11.9 Å². The van der Waals surface area contributed by atoms with Crippen LogP contribution >= 0.6 is 0 Å². The summed E-state index contributed by atoms with van der Waals surface area (Å²) in [4.78, 5) is 12.8. The number of hydrogen-bond acceptors (Lipinski definition) is 4. The lowest BCUT2D eigenvalue weighted by molar-refractivity contribution is 0.102. The Balaban J connectivity index is 1.94. The lowest BCUT2D eigenvalue weighted by atomic mass is 9.85. The number of ether oxygens (including phenoxy) is 3. The molecule has 0 amide bonds. The van der Waals surface area contributed by atoms with Crippen molar-refractivity contribution in [2.75, 3.05) is 21.3 Å². The molecule has 3 rings (SSSR count). The second kappa shape index (κ2) is 6.79. The monoisotopic (exact) mass is 324 g/mol. The Hall–Kier alpha value is -2.75. The van der Waals surface area contributed by atoms with E-state index in [1.165, 1.54) is 0 Å². The molecule has 4 heteroatoms. The number of fused-ring (bicyclic) bond motifs is 1. The van der Waals surface area contributed by atoms with Crippen LogP contribution in [0.2, 0.25) is 0 Å². The summed E-state index contributed by atoms with van der Waals surface area (Å²) in [6.07, 6.45) is 3.47. The molecule has 0 heterocycles. The predicted octanol–water partition coefficient (Wildman–Crippen LogP) is 3.92. The maximum atomic E-state index is 12.8. The number of aryl methyl sites for hydroxylation is 1. The van der Waals surface area contributed by atoms with Crippen molar-refractivity contribution in [2.24, 2.45) is 0 Å². The van der Waals surface area contributed by atoms with Gasteiger partial charge in [-0.1, -0.05) is 12.1 Å². The summed E-state index contributed by atoms with van der Waals surface area (Å²) >= 11 is 0. The number of methoxy groups -OCH3 is 3. The Bertz CT molecular complexity index is 788. The molecule has 0 atom stereocenters. The van der Waals surface area contributed by atoms with Crippen molar-refractivity contribution in [1.29, 1.82) is 0 Å². The highest BCUT2D eigenvalue weighted by atomic mass is 16.5. The Morgan fingerprint density at radius 1 is 0.875 bits per heavy atom. The van der Waals surface area contributed by atoms with Crippen LogP contribution in [-0.2, 0) is 6.42 Å². The first kappa shape index (κ1) is 16.1. The largest absolute Gasteiger partial charge is 0.497 e. The molecule has 1 aliphatic carbocycles. The van der Waals surface area contributed by atoms with Gasteiger partial charge in [-0.15, -0.1) is 0 Å². The quantitative estimate of drug-likeness (QED) is 0.800. The Labute approximate surface area is 141 Å². The van der Waals surface area contributed by atoms with E-state index in [9.17, 15) is 4.79 Å². The van der Waals surface area contributed by atoms with E-state index in [-0.39, 0.29) is 5.78 Å². The molecule has 2 aromatic carbocycles. The van der Waals surface area contributed by atoms with Crippen molar-refractivity contribution in [3.05, 3.63) is 58.7 Å². The lowest BCUT2D eigenvalue weighted by Gasteiger charge is -2.20. The van der Waals surface area contributed by atoms with Gasteiger partial charge in [-0.05, 0) is 54.3 Å². The third kappa shape index (κ3) is 3.00. The lowest BCUT2D eigenvalue weighted by Crippen LogP contribution is -2.14. The van der Waals surface area contributed by atoms with Gasteiger partial charge in [0.15, 0.2) is 17.3 Å². The first-order valence-corrected chi connectivity index (χ1v) is 7.80. The van der Waals surface area contributed by atoms with E-state index in [0.717, 1.165) is 28.9 Å². The van der Waals surface area contributed by atoms with Gasteiger partial charge in [0.05, 0.1) is 21.3 Å². The number of carbonyl (C=O) groups excluding carboxylic acids is 1. The van der Waals surface area contributed by atoms with Crippen LogP contribution in [0.1, 0.15) is 27.9 Å². The molecule has 0 aromatic heterocycles. The molecule has 0 spiro atoms. The van der Waals surface area contributed by atoms with E-state index in [2.05, 4.69) is 0 Å². The minimum Gasteiger partial charge on any atom is -0.497 e. The normalized spacial score (nSPS) is 15.1. The Morgan fingerprint density at radius 3 is 2.17 bits per heavy atom. The molecule has 0 saturated carbocycles. The minimum atomic E-state index is 0.0491. The smallest absolute Gasteiger partial charge is 0.189 e. The third-order valence-corrected chi connectivity index (χ3v) is 4.27. The van der Waals surface area contributed by atoms with Crippen molar-refractivity contribution < 1.29 is 19.0 Å². The van der Waals surface area contributed by atoms with Crippen molar-refractivity contribution in [2.45, 2.75) is 12.8 Å². The topological polar surface area (TPSA) is 44.8 Å². The van der Waals surface area contributed by atoms with Crippen LogP contribution in [0.3, 0.4) is 0 Å². The van der Waals surface area contributed by atoms with Crippen molar-refractivity contribution in [1.82, 2.24) is 0 Å². The number of rotatable bonds is 4. The van der Waals surface area contributed by atoms with Crippen LogP contribution in [0, 0.1) is 0 Å². The molecule has 0 N–H and O–H groups in total. The van der Waals surface area contributed by atoms with Gasteiger partial charge in [-0.2, -0.15) is 0 Å². The van der Waals surface area contributed by atoms with Gasteiger partial charge in [-0.3, -0.25) is 4.79 Å². The summed E-state index contributed by atoms with van der Waals surface area (Å²) in [6, 6.07) is 11.4. The molecule has 2 aromatic rings. The molecule has 1 aliphatic rings. The fourth-order valence-corrected chi connectivity index (χ4v) is 2.93. The van der Waals surface area contributed by atoms with Crippen LogP contribution in [-0.4, -0.2) is 27.1 Å². The summed E-state index contributed by atoms with van der Waals surface area (Å²) in [5.41, 5.74) is 3.49. The second-order valence-electron chi connectivity index (χ2n) is 5.64. The molecular weight excluding hydrogens is 304 g/mol. The highest BCUT2D eigenvalue weighted by Gasteiger charge is 2.24. The van der Waals surface area contributed by atoms with Crippen LogP contribution in [0.5, 0.6) is 17.2 Å². The van der Waals surface area contributed by atoms with E-state index < -0.39 is 0 Å². The third-order valence-electron chi connectivity index (χ3n) is 4.27. The minimum absolute atomic E-state index is 0.0491. The average molecular weight is 324 g/mol. The Morgan fingerprint density at radius 2 is 1.54 bits per heavy atom. The van der Waals surface area contributed by atoms with Gasteiger partial charge in [-0.25, -0.2) is 0 Å². The molecule has 0 aliphatic heterocycles. The van der Waals surface area contributed by atoms with E-state index >= 15 is 0 Å².